The van der Waals surface area contributed by atoms with Gasteiger partial charge in [-0.05, 0) is 18.9 Å². The fourth-order valence-corrected chi connectivity index (χ4v) is 3.84. The van der Waals surface area contributed by atoms with E-state index in [4.69, 9.17) is 0 Å². The zero-order chi connectivity index (χ0) is 17.6. The Balaban J connectivity index is 0.00000243. The molecule has 4 nitrogen and oxygen atoms in total. The molecule has 1 saturated carbocycles. The van der Waals surface area contributed by atoms with E-state index in [2.05, 4.69) is 10.2 Å². The Hall–Kier alpha value is -1.24. The summed E-state index contributed by atoms with van der Waals surface area (Å²) in [5.41, 5.74) is 0.503. The minimum absolute atomic E-state index is 0. The van der Waals surface area contributed by atoms with Crippen LogP contribution in [-0.4, -0.2) is 54.5 Å². The molecule has 0 atom stereocenters. The van der Waals surface area contributed by atoms with Gasteiger partial charge in [0.15, 0.2) is 0 Å². The Kier molecular flexibility index (Phi) is 8.25. The summed E-state index contributed by atoms with van der Waals surface area (Å²) in [5, 5.41) is 3.25. The molecule has 26 heavy (non-hydrogen) atoms. The maximum absolute atomic E-state index is 14.0. The molecule has 146 valence electrons. The van der Waals surface area contributed by atoms with Gasteiger partial charge >= 0.3 is 0 Å². The molecule has 0 spiro atoms. The molecule has 1 aliphatic carbocycles. The molecule has 1 amide bonds. The van der Waals surface area contributed by atoms with Gasteiger partial charge in [-0.1, -0.05) is 18.9 Å². The summed E-state index contributed by atoms with van der Waals surface area (Å²) in [7, 11) is 0. The zero-order valence-corrected chi connectivity index (χ0v) is 15.9. The summed E-state index contributed by atoms with van der Waals surface area (Å²) in [4.78, 5) is 16.5. The molecule has 1 N–H and O–H groups in total. The van der Waals surface area contributed by atoms with E-state index in [1.54, 1.807) is 0 Å². The molecule has 0 unspecified atom stereocenters. The minimum Gasteiger partial charge on any atom is -0.340 e. The molecule has 1 aromatic carbocycles. The first-order chi connectivity index (χ1) is 12.1. The Labute approximate surface area is 160 Å². The van der Waals surface area contributed by atoms with Crippen molar-refractivity contribution in [2.45, 2.75) is 44.7 Å². The Morgan fingerprint density at radius 2 is 1.88 bits per heavy atom. The number of amides is 1. The van der Waals surface area contributed by atoms with Gasteiger partial charge in [-0.3, -0.25) is 9.69 Å². The molecular formula is C19H28ClF2N3O. The maximum atomic E-state index is 14.0. The summed E-state index contributed by atoms with van der Waals surface area (Å²) >= 11 is 0. The molecule has 1 heterocycles. The third-order valence-corrected chi connectivity index (χ3v) is 5.31. The van der Waals surface area contributed by atoms with Crippen LogP contribution in [0.5, 0.6) is 0 Å². The quantitative estimate of drug-likeness (QED) is 0.815. The average Bonchev–Trinajstić information content (AvgIpc) is 3.15. The van der Waals surface area contributed by atoms with E-state index in [9.17, 15) is 13.6 Å². The van der Waals surface area contributed by atoms with E-state index < -0.39 is 11.6 Å². The van der Waals surface area contributed by atoms with Crippen LogP contribution < -0.4 is 5.32 Å². The van der Waals surface area contributed by atoms with Gasteiger partial charge in [0.05, 0.1) is 0 Å². The molecule has 1 saturated heterocycles. The summed E-state index contributed by atoms with van der Waals surface area (Å²) in [6, 6.07) is 4.15. The molecular weight excluding hydrogens is 360 g/mol. The highest BCUT2D eigenvalue weighted by Gasteiger charge is 2.25. The second-order valence-corrected chi connectivity index (χ2v) is 7.03. The monoisotopic (exact) mass is 387 g/mol. The predicted molar refractivity (Wildman–Crippen MR) is 100 cm³/mol. The van der Waals surface area contributed by atoms with Crippen molar-refractivity contribution in [2.75, 3.05) is 32.7 Å². The van der Waals surface area contributed by atoms with Gasteiger partial charge in [-0.25, -0.2) is 8.78 Å². The number of hydrogen-bond donors (Lipinski definition) is 1. The first-order valence-electron chi connectivity index (χ1n) is 9.30. The molecule has 1 aromatic rings. The Morgan fingerprint density at radius 3 is 2.54 bits per heavy atom. The van der Waals surface area contributed by atoms with Crippen molar-refractivity contribution in [1.82, 2.24) is 15.1 Å². The van der Waals surface area contributed by atoms with Gasteiger partial charge in [0, 0.05) is 63.4 Å². The number of rotatable bonds is 6. The maximum Gasteiger partial charge on any atom is 0.223 e. The van der Waals surface area contributed by atoms with Crippen LogP contribution in [0.3, 0.4) is 0 Å². The van der Waals surface area contributed by atoms with Crippen LogP contribution in [0.4, 0.5) is 8.78 Å². The zero-order valence-electron chi connectivity index (χ0n) is 15.1. The third kappa shape index (κ3) is 5.63. The number of nitrogens with zero attached hydrogens (tertiary/aromatic N) is 2. The van der Waals surface area contributed by atoms with Crippen LogP contribution in [0.2, 0.25) is 0 Å². The van der Waals surface area contributed by atoms with Crippen molar-refractivity contribution in [3.63, 3.8) is 0 Å². The standard InChI is InChI=1S/C19H27F2N3O.ClH/c20-16-6-5-15(18(21)13-16)14-24(17-3-1-2-4-17)10-7-19(25)23-11-8-22-9-12-23;/h5-6,13,17,22H,1-4,7-12,14H2;1H. The predicted octanol–water partition coefficient (Wildman–Crippen LogP) is 2.95. The van der Waals surface area contributed by atoms with E-state index in [1.165, 1.54) is 25.0 Å². The van der Waals surface area contributed by atoms with Crippen LogP contribution >= 0.6 is 12.4 Å². The number of hydrogen-bond acceptors (Lipinski definition) is 3. The van der Waals surface area contributed by atoms with Crippen molar-refractivity contribution in [3.8, 4) is 0 Å². The lowest BCUT2D eigenvalue weighted by Crippen LogP contribution is -2.47. The van der Waals surface area contributed by atoms with E-state index in [1.807, 2.05) is 4.90 Å². The van der Waals surface area contributed by atoms with Crippen LogP contribution in [0.15, 0.2) is 18.2 Å². The number of carbonyl (C=O) groups excluding carboxylic acids is 1. The molecule has 0 bridgehead atoms. The molecule has 7 heteroatoms. The van der Waals surface area contributed by atoms with E-state index >= 15 is 0 Å². The van der Waals surface area contributed by atoms with Crippen molar-refractivity contribution in [3.05, 3.63) is 35.4 Å². The smallest absolute Gasteiger partial charge is 0.223 e. The molecule has 0 radical (unpaired) electrons. The highest BCUT2D eigenvalue weighted by Crippen LogP contribution is 2.26. The highest BCUT2D eigenvalue weighted by atomic mass is 35.5. The van der Waals surface area contributed by atoms with E-state index in [0.717, 1.165) is 45.1 Å². The third-order valence-electron chi connectivity index (χ3n) is 5.31. The average molecular weight is 388 g/mol. The van der Waals surface area contributed by atoms with Gasteiger partial charge in [0.1, 0.15) is 11.6 Å². The second-order valence-electron chi connectivity index (χ2n) is 7.03. The van der Waals surface area contributed by atoms with Gasteiger partial charge < -0.3 is 10.2 Å². The van der Waals surface area contributed by atoms with E-state index in [0.29, 0.717) is 31.1 Å². The van der Waals surface area contributed by atoms with Crippen molar-refractivity contribution in [1.29, 1.82) is 0 Å². The van der Waals surface area contributed by atoms with Crippen LogP contribution in [-0.2, 0) is 11.3 Å². The normalized spacial score (nSPS) is 18.2. The van der Waals surface area contributed by atoms with Crippen LogP contribution in [0, 0.1) is 11.6 Å². The first kappa shape index (κ1) is 21.1. The SMILES string of the molecule is Cl.O=C(CCN(Cc1ccc(F)cc1F)C1CCCC1)N1CCNCC1. The number of nitrogens with one attached hydrogen (secondary N) is 1. The lowest BCUT2D eigenvalue weighted by Gasteiger charge is -2.31. The van der Waals surface area contributed by atoms with Gasteiger partial charge in [-0.2, -0.15) is 0 Å². The Morgan fingerprint density at radius 1 is 1.19 bits per heavy atom. The van der Waals surface area contributed by atoms with Crippen molar-refractivity contribution < 1.29 is 13.6 Å². The Bertz CT molecular complexity index is 590. The molecule has 2 fully saturated rings. The lowest BCUT2D eigenvalue weighted by atomic mass is 10.1. The van der Waals surface area contributed by atoms with Crippen molar-refractivity contribution >= 4 is 18.3 Å². The fourth-order valence-electron chi connectivity index (χ4n) is 3.84. The summed E-state index contributed by atoms with van der Waals surface area (Å²) < 4.78 is 27.2. The number of halogens is 3. The molecule has 0 aromatic heterocycles. The summed E-state index contributed by atoms with van der Waals surface area (Å²) in [6.45, 7) is 4.28. The number of benzene rings is 1. The summed E-state index contributed by atoms with van der Waals surface area (Å²) in [6.07, 6.45) is 4.99. The lowest BCUT2D eigenvalue weighted by molar-refractivity contribution is -0.132. The first-order valence-corrected chi connectivity index (χ1v) is 9.30. The van der Waals surface area contributed by atoms with Crippen molar-refractivity contribution in [2.24, 2.45) is 0 Å². The van der Waals surface area contributed by atoms with E-state index in [-0.39, 0.29) is 18.3 Å². The second kappa shape index (κ2) is 10.2. The van der Waals surface area contributed by atoms with Gasteiger partial charge in [0.25, 0.3) is 0 Å². The molecule has 3 rings (SSSR count). The number of piperazine rings is 1. The number of carbonyl (C=O) groups is 1. The fraction of sp³-hybridized carbons (Fsp3) is 0.632. The van der Waals surface area contributed by atoms with Gasteiger partial charge in [0.2, 0.25) is 5.91 Å². The topological polar surface area (TPSA) is 35.6 Å². The highest BCUT2D eigenvalue weighted by molar-refractivity contribution is 5.85. The van der Waals surface area contributed by atoms with Crippen LogP contribution in [0.25, 0.3) is 0 Å². The summed E-state index contributed by atoms with van der Waals surface area (Å²) in [5.74, 6) is -0.886. The largest absolute Gasteiger partial charge is 0.340 e. The van der Waals surface area contributed by atoms with Crippen LogP contribution in [0.1, 0.15) is 37.7 Å². The molecule has 1 aliphatic heterocycles. The minimum atomic E-state index is -0.553. The van der Waals surface area contributed by atoms with Gasteiger partial charge in [-0.15, -0.1) is 12.4 Å². The molecule has 2 aliphatic rings.